The van der Waals surface area contributed by atoms with E-state index in [9.17, 15) is 18.4 Å². The van der Waals surface area contributed by atoms with Crippen molar-refractivity contribution in [3.05, 3.63) is 63.2 Å². The number of aromatic nitrogens is 2. The summed E-state index contributed by atoms with van der Waals surface area (Å²) in [5.41, 5.74) is 0.613. The van der Waals surface area contributed by atoms with Gasteiger partial charge < -0.3 is 4.74 Å². The lowest BCUT2D eigenvalue weighted by Gasteiger charge is -2.34. The van der Waals surface area contributed by atoms with Crippen LogP contribution < -0.4 is 15.2 Å². The van der Waals surface area contributed by atoms with Gasteiger partial charge in [-0.05, 0) is 30.2 Å². The Morgan fingerprint density at radius 2 is 1.90 bits per heavy atom. The van der Waals surface area contributed by atoms with Crippen molar-refractivity contribution in [1.82, 2.24) is 9.55 Å². The van der Waals surface area contributed by atoms with Crippen LogP contribution in [0.5, 0.6) is 5.75 Å². The summed E-state index contributed by atoms with van der Waals surface area (Å²) in [6.45, 7) is 1.46. The number of anilines is 1. The average Bonchev–Trinajstić information content (AvgIpc) is 2.69. The predicted molar refractivity (Wildman–Crippen MR) is 105 cm³/mol. The zero-order valence-electron chi connectivity index (χ0n) is 15.6. The van der Waals surface area contributed by atoms with Crippen molar-refractivity contribution in [2.24, 2.45) is 7.05 Å². The lowest BCUT2D eigenvalue weighted by molar-refractivity contribution is -0.193. The molecule has 29 heavy (non-hydrogen) atoms. The largest absolute Gasteiger partial charge is 0.483 e. The van der Waals surface area contributed by atoms with E-state index in [0.717, 1.165) is 4.90 Å². The van der Waals surface area contributed by atoms with Crippen LogP contribution in [0.3, 0.4) is 0 Å². The predicted octanol–water partition coefficient (Wildman–Crippen LogP) is 3.67. The first-order valence-corrected chi connectivity index (χ1v) is 9.27. The molecule has 2 aromatic carbocycles. The van der Waals surface area contributed by atoms with Gasteiger partial charge in [-0.15, -0.1) is 0 Å². The number of nitrogens with zero attached hydrogens (tertiary/aromatic N) is 3. The van der Waals surface area contributed by atoms with Gasteiger partial charge in [0.15, 0.2) is 5.75 Å². The summed E-state index contributed by atoms with van der Waals surface area (Å²) in [6, 6.07) is 9.63. The van der Waals surface area contributed by atoms with E-state index in [0.29, 0.717) is 17.4 Å². The SMILES string of the molecule is CCc1cccc2c1OC(F)(F)C(=O)N2Cc1nc2c(Cl)cccc2c(=O)n1C. The third kappa shape index (κ3) is 3.04. The molecule has 0 aliphatic carbocycles. The minimum Gasteiger partial charge on any atom is -0.423 e. The number of aryl methyl sites for hydroxylation is 1. The number of carbonyl (C=O) groups excluding carboxylic acids is 1. The Labute approximate surface area is 169 Å². The molecule has 0 N–H and O–H groups in total. The molecule has 6 nitrogen and oxygen atoms in total. The highest BCUT2D eigenvalue weighted by Gasteiger charge is 2.51. The van der Waals surface area contributed by atoms with Crippen LogP contribution in [-0.4, -0.2) is 21.6 Å². The van der Waals surface area contributed by atoms with E-state index in [1.165, 1.54) is 17.7 Å². The Hall–Kier alpha value is -3.00. The number of amides is 1. The van der Waals surface area contributed by atoms with Gasteiger partial charge in [-0.2, -0.15) is 8.78 Å². The summed E-state index contributed by atoms with van der Waals surface area (Å²) < 4.78 is 34.6. The monoisotopic (exact) mass is 419 g/mol. The van der Waals surface area contributed by atoms with Gasteiger partial charge >= 0.3 is 12.0 Å². The van der Waals surface area contributed by atoms with Crippen LogP contribution in [0.2, 0.25) is 5.02 Å². The van der Waals surface area contributed by atoms with E-state index in [1.807, 2.05) is 0 Å². The van der Waals surface area contributed by atoms with Crippen molar-refractivity contribution in [2.75, 3.05) is 4.90 Å². The van der Waals surface area contributed by atoms with E-state index < -0.39 is 12.0 Å². The van der Waals surface area contributed by atoms with Gasteiger partial charge in [-0.1, -0.05) is 36.7 Å². The molecule has 0 bridgehead atoms. The second-order valence-corrected chi connectivity index (χ2v) is 7.06. The third-order valence-electron chi connectivity index (χ3n) is 4.92. The first kappa shape index (κ1) is 19.3. The van der Waals surface area contributed by atoms with Crippen LogP contribution in [-0.2, 0) is 24.8 Å². The zero-order valence-corrected chi connectivity index (χ0v) is 16.3. The number of alkyl halides is 2. The number of carbonyl (C=O) groups is 1. The molecule has 0 spiro atoms. The molecule has 0 atom stereocenters. The summed E-state index contributed by atoms with van der Waals surface area (Å²) in [5.74, 6) is -1.45. The molecule has 3 aromatic rings. The molecular weight excluding hydrogens is 404 g/mol. The number of rotatable bonds is 3. The number of para-hydroxylation sites is 2. The van der Waals surface area contributed by atoms with Gasteiger partial charge in [-0.25, -0.2) is 4.98 Å². The van der Waals surface area contributed by atoms with Crippen LogP contribution in [0.4, 0.5) is 14.5 Å². The molecule has 0 fully saturated rings. The van der Waals surface area contributed by atoms with Crippen molar-refractivity contribution in [2.45, 2.75) is 26.0 Å². The molecule has 1 amide bonds. The molecule has 0 unspecified atom stereocenters. The minimum absolute atomic E-state index is 0.0524. The second-order valence-electron chi connectivity index (χ2n) is 6.66. The molecule has 1 aliphatic heterocycles. The number of hydrogen-bond acceptors (Lipinski definition) is 4. The number of hydrogen-bond donors (Lipinski definition) is 0. The Balaban J connectivity index is 1.88. The summed E-state index contributed by atoms with van der Waals surface area (Å²) in [5, 5.41) is 0.560. The fraction of sp³-hybridized carbons (Fsp3) is 0.250. The summed E-state index contributed by atoms with van der Waals surface area (Å²) in [4.78, 5) is 30.4. The maximum absolute atomic E-state index is 14.3. The molecule has 0 saturated heterocycles. The fourth-order valence-electron chi connectivity index (χ4n) is 3.36. The first-order chi connectivity index (χ1) is 13.7. The molecule has 150 valence electrons. The van der Waals surface area contributed by atoms with Gasteiger partial charge in [0.05, 0.1) is 28.2 Å². The minimum atomic E-state index is -4.02. The van der Waals surface area contributed by atoms with Gasteiger partial charge in [0.25, 0.3) is 5.56 Å². The number of fused-ring (bicyclic) bond motifs is 2. The summed E-state index contributed by atoms with van der Waals surface area (Å²) in [7, 11) is 1.47. The van der Waals surface area contributed by atoms with E-state index in [-0.39, 0.29) is 39.9 Å². The van der Waals surface area contributed by atoms with Gasteiger partial charge in [-0.3, -0.25) is 19.1 Å². The molecule has 2 heterocycles. The fourth-order valence-corrected chi connectivity index (χ4v) is 3.58. The number of ether oxygens (including phenoxy) is 1. The van der Waals surface area contributed by atoms with E-state index >= 15 is 0 Å². The van der Waals surface area contributed by atoms with E-state index in [4.69, 9.17) is 16.3 Å². The molecule has 4 rings (SSSR count). The summed E-state index contributed by atoms with van der Waals surface area (Å²) in [6.07, 6.45) is -3.57. The molecule has 0 radical (unpaired) electrons. The average molecular weight is 420 g/mol. The van der Waals surface area contributed by atoms with Crippen LogP contribution >= 0.6 is 11.6 Å². The Kier molecular flexibility index (Phi) is 4.53. The highest BCUT2D eigenvalue weighted by molar-refractivity contribution is 6.34. The topological polar surface area (TPSA) is 64.4 Å². The van der Waals surface area contributed by atoms with Crippen LogP contribution in [0.25, 0.3) is 10.9 Å². The van der Waals surface area contributed by atoms with Crippen LogP contribution in [0, 0.1) is 0 Å². The van der Waals surface area contributed by atoms with Gasteiger partial charge in [0, 0.05) is 7.05 Å². The molecular formula is C20H16ClF2N3O3. The third-order valence-corrected chi connectivity index (χ3v) is 5.23. The summed E-state index contributed by atoms with van der Waals surface area (Å²) >= 11 is 6.16. The molecule has 9 heteroatoms. The Morgan fingerprint density at radius 1 is 1.17 bits per heavy atom. The van der Waals surface area contributed by atoms with Crippen molar-refractivity contribution >= 4 is 34.1 Å². The van der Waals surface area contributed by atoms with Crippen molar-refractivity contribution in [3.8, 4) is 5.75 Å². The molecule has 0 saturated carbocycles. The van der Waals surface area contributed by atoms with Gasteiger partial charge in [0.1, 0.15) is 5.82 Å². The maximum atomic E-state index is 14.3. The highest BCUT2D eigenvalue weighted by Crippen LogP contribution is 2.42. The lowest BCUT2D eigenvalue weighted by atomic mass is 10.1. The second kappa shape index (κ2) is 6.81. The van der Waals surface area contributed by atoms with E-state index in [2.05, 4.69) is 4.98 Å². The van der Waals surface area contributed by atoms with Crippen LogP contribution in [0.1, 0.15) is 18.3 Å². The highest BCUT2D eigenvalue weighted by atomic mass is 35.5. The van der Waals surface area contributed by atoms with E-state index in [1.54, 1.807) is 37.3 Å². The maximum Gasteiger partial charge on any atom is 0.483 e. The van der Waals surface area contributed by atoms with Gasteiger partial charge in [0.2, 0.25) is 0 Å². The van der Waals surface area contributed by atoms with Crippen molar-refractivity contribution in [3.63, 3.8) is 0 Å². The smallest absolute Gasteiger partial charge is 0.423 e. The normalized spacial score (nSPS) is 15.3. The molecule has 1 aliphatic rings. The quantitative estimate of drug-likeness (QED) is 0.649. The Morgan fingerprint density at radius 3 is 2.62 bits per heavy atom. The van der Waals surface area contributed by atoms with Crippen molar-refractivity contribution in [1.29, 1.82) is 0 Å². The van der Waals surface area contributed by atoms with Crippen molar-refractivity contribution < 1.29 is 18.3 Å². The first-order valence-electron chi connectivity index (χ1n) is 8.89. The number of benzene rings is 2. The zero-order chi connectivity index (χ0) is 20.9. The standard InChI is InChI=1S/C20H16ClF2N3O3/c1-3-11-6-4-9-14-17(11)29-20(22,23)19(28)26(14)10-15-24-16-12(18(27)25(15)2)7-5-8-13(16)21/h4-9H,3,10H2,1-2H3. The number of halogens is 3. The Bertz CT molecular complexity index is 1210. The lowest BCUT2D eigenvalue weighted by Crippen LogP contribution is -2.51. The van der Waals surface area contributed by atoms with Crippen LogP contribution in [0.15, 0.2) is 41.2 Å². The molecule has 1 aromatic heterocycles.